The first-order valence-corrected chi connectivity index (χ1v) is 14.6. The summed E-state index contributed by atoms with van der Waals surface area (Å²) in [7, 11) is 0. The minimum absolute atomic E-state index is 0.649. The Kier molecular flexibility index (Phi) is 5.43. The van der Waals surface area contributed by atoms with Gasteiger partial charge in [0.25, 0.3) is 0 Å². The van der Waals surface area contributed by atoms with Crippen LogP contribution in [0.25, 0.3) is 83.6 Å². The zero-order valence-corrected chi connectivity index (χ0v) is 23.6. The van der Waals surface area contributed by atoms with Crippen LogP contribution in [0.5, 0.6) is 0 Å². The number of para-hydroxylation sites is 4. The summed E-state index contributed by atoms with van der Waals surface area (Å²) in [5, 5.41) is 3.06. The zero-order chi connectivity index (χ0) is 29.0. The lowest BCUT2D eigenvalue weighted by molar-refractivity contribution is 0.672. The molecule has 0 N–H and O–H groups in total. The van der Waals surface area contributed by atoms with E-state index < -0.39 is 0 Å². The van der Waals surface area contributed by atoms with Crippen LogP contribution in [-0.4, -0.2) is 19.5 Å². The van der Waals surface area contributed by atoms with Crippen LogP contribution in [0.1, 0.15) is 0 Å². The molecule has 9 rings (SSSR count). The van der Waals surface area contributed by atoms with E-state index in [1.807, 2.05) is 48.5 Å². The quantitative estimate of drug-likeness (QED) is 0.213. The van der Waals surface area contributed by atoms with Gasteiger partial charge in [0.05, 0.1) is 27.6 Å². The second-order valence-corrected chi connectivity index (χ2v) is 10.9. The molecule has 0 unspecified atom stereocenters. The molecule has 6 aromatic carbocycles. The Morgan fingerprint density at radius 1 is 0.500 bits per heavy atom. The lowest BCUT2D eigenvalue weighted by Crippen LogP contribution is -1.98. The summed E-state index contributed by atoms with van der Waals surface area (Å²) >= 11 is 0. The van der Waals surface area contributed by atoms with Gasteiger partial charge in [-0.2, -0.15) is 0 Å². The predicted octanol–water partition coefficient (Wildman–Crippen LogP) is 9.87. The fourth-order valence-electron chi connectivity index (χ4n) is 6.19. The fourth-order valence-corrected chi connectivity index (χ4v) is 6.19. The average Bonchev–Trinajstić information content (AvgIpc) is 3.68. The van der Waals surface area contributed by atoms with Crippen molar-refractivity contribution in [2.24, 2.45) is 0 Å². The van der Waals surface area contributed by atoms with Gasteiger partial charge in [-0.3, -0.25) is 4.57 Å². The molecule has 0 aliphatic rings. The lowest BCUT2D eigenvalue weighted by atomic mass is 10.0. The molecular weight excluding hydrogens is 540 g/mol. The van der Waals surface area contributed by atoms with Crippen molar-refractivity contribution >= 4 is 43.9 Å². The van der Waals surface area contributed by atoms with Crippen molar-refractivity contribution in [3.8, 4) is 39.7 Å². The first-order chi connectivity index (χ1) is 21.8. The van der Waals surface area contributed by atoms with Crippen molar-refractivity contribution < 1.29 is 4.42 Å². The molecule has 0 aliphatic heterocycles. The molecule has 5 nitrogen and oxygen atoms in total. The molecule has 0 fully saturated rings. The van der Waals surface area contributed by atoms with Gasteiger partial charge < -0.3 is 4.42 Å². The monoisotopic (exact) mass is 564 g/mol. The van der Waals surface area contributed by atoms with E-state index in [4.69, 9.17) is 19.4 Å². The lowest BCUT2D eigenvalue weighted by Gasteiger charge is -2.12. The highest BCUT2D eigenvalue weighted by molar-refractivity contribution is 6.17. The molecule has 0 saturated heterocycles. The third-order valence-corrected chi connectivity index (χ3v) is 8.21. The minimum Gasteiger partial charge on any atom is -0.455 e. The first-order valence-electron chi connectivity index (χ1n) is 14.6. The summed E-state index contributed by atoms with van der Waals surface area (Å²) in [6.07, 6.45) is 0. The molecule has 44 heavy (non-hydrogen) atoms. The van der Waals surface area contributed by atoms with Crippen molar-refractivity contribution in [3.05, 3.63) is 146 Å². The highest BCUT2D eigenvalue weighted by Crippen LogP contribution is 2.39. The van der Waals surface area contributed by atoms with Gasteiger partial charge in [0.1, 0.15) is 17.0 Å². The Morgan fingerprint density at radius 2 is 1.23 bits per heavy atom. The maximum Gasteiger partial charge on any atom is 0.160 e. The normalized spacial score (nSPS) is 11.6. The molecule has 0 bridgehead atoms. The van der Waals surface area contributed by atoms with Gasteiger partial charge in [0, 0.05) is 33.2 Å². The maximum atomic E-state index is 6.44. The van der Waals surface area contributed by atoms with Crippen LogP contribution in [-0.2, 0) is 0 Å². The molecule has 0 saturated carbocycles. The largest absolute Gasteiger partial charge is 0.455 e. The maximum absolute atomic E-state index is 6.44. The third kappa shape index (κ3) is 3.83. The smallest absolute Gasteiger partial charge is 0.160 e. The van der Waals surface area contributed by atoms with E-state index in [2.05, 4.69) is 102 Å². The molecule has 3 aromatic heterocycles. The van der Waals surface area contributed by atoms with Crippen molar-refractivity contribution in [1.29, 1.82) is 0 Å². The summed E-state index contributed by atoms with van der Waals surface area (Å²) in [6.45, 7) is 0. The third-order valence-electron chi connectivity index (χ3n) is 8.21. The van der Waals surface area contributed by atoms with Gasteiger partial charge in [0.15, 0.2) is 5.82 Å². The number of benzene rings is 6. The molecule has 0 aliphatic carbocycles. The minimum atomic E-state index is 0.649. The molecule has 0 spiro atoms. The van der Waals surface area contributed by atoms with E-state index in [0.717, 1.165) is 77.8 Å². The number of hydrogen-bond donors (Lipinski definition) is 0. The van der Waals surface area contributed by atoms with Crippen LogP contribution >= 0.6 is 0 Å². The molecular formula is C39H24N4O. The molecule has 9 aromatic rings. The standard InChI is InChI=1S/C39H24N4O/c1-3-12-25(13-4-1)36-35-32(23-22-30-29-18-7-10-21-34(29)44-37(30)35)40-38(42-36)26-14-11-15-27(24-26)39-41-31-19-8-9-20-33(31)43(39)28-16-5-2-6-17-28/h1-24H. The highest BCUT2D eigenvalue weighted by Gasteiger charge is 2.19. The van der Waals surface area contributed by atoms with Crippen molar-refractivity contribution in [2.75, 3.05) is 0 Å². The number of fused-ring (bicyclic) bond motifs is 6. The topological polar surface area (TPSA) is 56.7 Å². The number of nitrogens with zero attached hydrogens (tertiary/aromatic N) is 4. The van der Waals surface area contributed by atoms with Crippen LogP contribution in [0, 0.1) is 0 Å². The van der Waals surface area contributed by atoms with E-state index >= 15 is 0 Å². The summed E-state index contributed by atoms with van der Waals surface area (Å²) in [6, 6.07) is 49.6. The second-order valence-electron chi connectivity index (χ2n) is 10.9. The predicted molar refractivity (Wildman–Crippen MR) is 178 cm³/mol. The summed E-state index contributed by atoms with van der Waals surface area (Å²) < 4.78 is 8.66. The Labute approximate surface area is 252 Å². The van der Waals surface area contributed by atoms with Gasteiger partial charge in [0.2, 0.25) is 0 Å². The van der Waals surface area contributed by atoms with Crippen molar-refractivity contribution in [1.82, 2.24) is 19.5 Å². The highest BCUT2D eigenvalue weighted by atomic mass is 16.3. The Bertz CT molecular complexity index is 2490. The SMILES string of the molecule is c1ccc(-c2nc(-c3cccc(-c4nc5ccccc5n4-c4ccccc4)c3)nc3ccc4c5ccccc5oc4c23)cc1. The number of imidazole rings is 1. The summed E-state index contributed by atoms with van der Waals surface area (Å²) in [4.78, 5) is 15.4. The number of furan rings is 1. The molecule has 5 heteroatoms. The van der Waals surface area contributed by atoms with Gasteiger partial charge in [-0.05, 0) is 48.5 Å². The van der Waals surface area contributed by atoms with E-state index in [9.17, 15) is 0 Å². The zero-order valence-electron chi connectivity index (χ0n) is 23.6. The molecule has 0 amide bonds. The van der Waals surface area contributed by atoms with Crippen LogP contribution in [0.4, 0.5) is 0 Å². The van der Waals surface area contributed by atoms with Crippen LogP contribution in [0.2, 0.25) is 0 Å². The van der Waals surface area contributed by atoms with E-state index in [-0.39, 0.29) is 0 Å². The number of rotatable bonds is 4. The summed E-state index contributed by atoms with van der Waals surface area (Å²) in [5.74, 6) is 1.52. The Balaban J connectivity index is 1.28. The molecule has 0 radical (unpaired) electrons. The average molecular weight is 565 g/mol. The molecule has 0 atom stereocenters. The second kappa shape index (κ2) is 9.75. The van der Waals surface area contributed by atoms with Gasteiger partial charge in [-0.25, -0.2) is 15.0 Å². The number of aromatic nitrogens is 4. The van der Waals surface area contributed by atoms with Crippen molar-refractivity contribution in [2.45, 2.75) is 0 Å². The Morgan fingerprint density at radius 3 is 2.11 bits per heavy atom. The van der Waals surface area contributed by atoms with Crippen molar-refractivity contribution in [3.63, 3.8) is 0 Å². The van der Waals surface area contributed by atoms with Gasteiger partial charge in [-0.15, -0.1) is 0 Å². The molecule has 206 valence electrons. The summed E-state index contributed by atoms with van der Waals surface area (Å²) in [5.41, 5.74) is 9.31. The van der Waals surface area contributed by atoms with Gasteiger partial charge in [-0.1, -0.05) is 97.1 Å². The van der Waals surface area contributed by atoms with E-state index in [0.29, 0.717) is 5.82 Å². The van der Waals surface area contributed by atoms with Crippen LogP contribution in [0.3, 0.4) is 0 Å². The Hall–Kier alpha value is -6.07. The number of hydrogen-bond acceptors (Lipinski definition) is 4. The fraction of sp³-hybridized carbons (Fsp3) is 0. The molecule has 3 heterocycles. The van der Waals surface area contributed by atoms with Crippen LogP contribution in [0.15, 0.2) is 150 Å². The first kappa shape index (κ1) is 24.5. The van der Waals surface area contributed by atoms with Gasteiger partial charge >= 0.3 is 0 Å². The van der Waals surface area contributed by atoms with Crippen LogP contribution < -0.4 is 0 Å². The van der Waals surface area contributed by atoms with E-state index in [1.54, 1.807) is 0 Å². The van der Waals surface area contributed by atoms with E-state index in [1.165, 1.54) is 0 Å².